The van der Waals surface area contributed by atoms with Crippen molar-refractivity contribution in [2.75, 3.05) is 46.0 Å². The molecule has 8 heteroatoms. The van der Waals surface area contributed by atoms with Crippen LogP contribution in [0.1, 0.15) is 39.9 Å². The van der Waals surface area contributed by atoms with Crippen molar-refractivity contribution in [1.82, 2.24) is 9.80 Å². The molecule has 0 bridgehead atoms. The van der Waals surface area contributed by atoms with Crippen LogP contribution in [-0.4, -0.2) is 73.7 Å². The first-order valence-electron chi connectivity index (χ1n) is 9.69. The molecule has 1 aromatic rings. The van der Waals surface area contributed by atoms with E-state index in [-0.39, 0.29) is 17.4 Å². The first kappa shape index (κ1) is 18.9. The number of ether oxygens (including phenoxy) is 2. The highest BCUT2D eigenvalue weighted by Crippen LogP contribution is 2.45. The minimum absolute atomic E-state index is 0.00440. The maximum Gasteiger partial charge on any atom is 0.264 e. The Hall–Kier alpha value is -1.48. The summed E-state index contributed by atoms with van der Waals surface area (Å²) in [4.78, 5) is 30.7. The molecule has 2 saturated heterocycles. The van der Waals surface area contributed by atoms with Crippen LogP contribution in [-0.2, 0) is 26.3 Å². The topological polar surface area (TPSA) is 85.1 Å². The Morgan fingerprint density at radius 2 is 1.85 bits per heavy atom. The maximum absolute atomic E-state index is 12.9. The van der Waals surface area contributed by atoms with E-state index in [1.807, 2.05) is 9.80 Å². The first-order chi connectivity index (χ1) is 13.0. The van der Waals surface area contributed by atoms with Gasteiger partial charge in [-0.3, -0.25) is 9.59 Å². The summed E-state index contributed by atoms with van der Waals surface area (Å²) in [5, 5.41) is 0. The number of piperidine rings is 1. The zero-order valence-electron chi connectivity index (χ0n) is 15.7. The van der Waals surface area contributed by atoms with Crippen molar-refractivity contribution in [1.29, 1.82) is 0 Å². The molecule has 4 heterocycles. The normalized spacial score (nSPS) is 23.2. The average molecular weight is 394 g/mol. The highest BCUT2D eigenvalue weighted by molar-refractivity contribution is 7.14. The summed E-state index contributed by atoms with van der Waals surface area (Å²) in [6.07, 6.45) is 2.35. The quantitative estimate of drug-likeness (QED) is 0.809. The average Bonchev–Trinajstić information content (AvgIpc) is 3.14. The minimum Gasteiger partial charge on any atom is -0.378 e. The number of rotatable bonds is 2. The zero-order valence-corrected chi connectivity index (χ0v) is 16.6. The molecule has 7 nitrogen and oxygen atoms in total. The number of likely N-dealkylation sites (tertiary alicyclic amines) is 1. The van der Waals surface area contributed by atoms with Crippen molar-refractivity contribution in [2.24, 2.45) is 5.73 Å². The second-order valence-electron chi connectivity index (χ2n) is 7.58. The van der Waals surface area contributed by atoms with Gasteiger partial charge in [0.1, 0.15) is 5.60 Å². The van der Waals surface area contributed by atoms with E-state index >= 15 is 0 Å². The number of fused-ring (bicyclic) bond motifs is 2. The third-order valence-corrected chi connectivity index (χ3v) is 7.10. The summed E-state index contributed by atoms with van der Waals surface area (Å²) < 4.78 is 11.6. The van der Waals surface area contributed by atoms with Gasteiger partial charge in [0.2, 0.25) is 5.91 Å². The van der Waals surface area contributed by atoms with Gasteiger partial charge in [0.05, 0.1) is 30.7 Å². The van der Waals surface area contributed by atoms with Crippen LogP contribution < -0.4 is 5.73 Å². The molecule has 2 N–H and O–H groups in total. The monoisotopic (exact) mass is 393 g/mol. The Labute approximate surface area is 163 Å². The van der Waals surface area contributed by atoms with Crippen LogP contribution in [0.2, 0.25) is 0 Å². The van der Waals surface area contributed by atoms with Crippen molar-refractivity contribution < 1.29 is 19.1 Å². The molecule has 0 saturated carbocycles. The van der Waals surface area contributed by atoms with E-state index < -0.39 is 6.04 Å². The molecule has 3 aliphatic rings. The van der Waals surface area contributed by atoms with Crippen LogP contribution in [0.25, 0.3) is 0 Å². The maximum atomic E-state index is 12.9. The molecule has 2 fully saturated rings. The Morgan fingerprint density at radius 3 is 2.52 bits per heavy atom. The Kier molecular flexibility index (Phi) is 5.24. The van der Waals surface area contributed by atoms with Crippen molar-refractivity contribution in [3.05, 3.63) is 21.4 Å². The van der Waals surface area contributed by atoms with Gasteiger partial charge in [-0.05, 0) is 37.8 Å². The minimum atomic E-state index is -0.471. The number of hydrogen-bond donors (Lipinski definition) is 1. The van der Waals surface area contributed by atoms with Crippen molar-refractivity contribution in [2.45, 2.75) is 37.8 Å². The molecule has 1 aromatic heterocycles. The fourth-order valence-electron chi connectivity index (χ4n) is 4.20. The largest absolute Gasteiger partial charge is 0.378 e. The molecular formula is C19H27N3O4S. The van der Waals surface area contributed by atoms with E-state index in [4.69, 9.17) is 15.2 Å². The number of carbonyl (C=O) groups is 2. The molecular weight excluding hydrogens is 366 g/mol. The number of hydrogen-bond acceptors (Lipinski definition) is 6. The Balaban J connectivity index is 1.53. The standard InChI is InChI=1S/C19H27N3O4S/c1-13(20)17(23)21-5-3-19(4-6-21)16-14(2-9-26-19)12-15(27-16)18(24)22-7-10-25-11-8-22/h12-13H,2-11,20H2,1H3. The lowest BCUT2D eigenvalue weighted by molar-refractivity contribution is -0.141. The Morgan fingerprint density at radius 1 is 1.15 bits per heavy atom. The third kappa shape index (κ3) is 3.51. The molecule has 4 rings (SSSR count). The molecule has 0 aromatic carbocycles. The zero-order chi connectivity index (χ0) is 19.0. The van der Waals surface area contributed by atoms with Gasteiger partial charge in [-0.25, -0.2) is 0 Å². The predicted octanol–water partition coefficient (Wildman–Crippen LogP) is 0.958. The van der Waals surface area contributed by atoms with Crippen LogP contribution in [0.3, 0.4) is 0 Å². The summed E-state index contributed by atoms with van der Waals surface area (Å²) in [5.41, 5.74) is 6.62. The van der Waals surface area contributed by atoms with Crippen LogP contribution >= 0.6 is 11.3 Å². The lowest BCUT2D eigenvalue weighted by Crippen LogP contribution is -2.51. The number of carbonyl (C=O) groups excluding carboxylic acids is 2. The third-order valence-electron chi connectivity index (χ3n) is 5.75. The predicted molar refractivity (Wildman–Crippen MR) is 102 cm³/mol. The van der Waals surface area contributed by atoms with Gasteiger partial charge >= 0.3 is 0 Å². The van der Waals surface area contributed by atoms with Gasteiger partial charge < -0.3 is 25.0 Å². The van der Waals surface area contributed by atoms with Gasteiger partial charge in [-0.2, -0.15) is 0 Å². The SMILES string of the molecule is CC(N)C(=O)N1CCC2(CC1)OCCc1cc(C(=O)N3CCOCC3)sc12. The second-order valence-corrected chi connectivity index (χ2v) is 8.63. The van der Waals surface area contributed by atoms with Gasteiger partial charge in [-0.1, -0.05) is 0 Å². The lowest BCUT2D eigenvalue weighted by atomic mass is 9.85. The van der Waals surface area contributed by atoms with E-state index in [9.17, 15) is 9.59 Å². The van der Waals surface area contributed by atoms with E-state index in [1.165, 1.54) is 10.4 Å². The molecule has 0 radical (unpaired) electrons. The van der Waals surface area contributed by atoms with Crippen molar-refractivity contribution >= 4 is 23.2 Å². The highest BCUT2D eigenvalue weighted by Gasteiger charge is 2.44. The summed E-state index contributed by atoms with van der Waals surface area (Å²) in [6, 6.07) is 1.59. The molecule has 1 atom stereocenters. The molecule has 1 unspecified atom stereocenters. The van der Waals surface area contributed by atoms with E-state index in [0.29, 0.717) is 46.0 Å². The van der Waals surface area contributed by atoms with Crippen molar-refractivity contribution in [3.8, 4) is 0 Å². The van der Waals surface area contributed by atoms with Gasteiger partial charge in [0, 0.05) is 31.1 Å². The molecule has 148 valence electrons. The van der Waals surface area contributed by atoms with Gasteiger partial charge in [0.15, 0.2) is 0 Å². The fourth-order valence-corrected chi connectivity index (χ4v) is 5.58. The van der Waals surface area contributed by atoms with Crippen LogP contribution in [0.15, 0.2) is 6.07 Å². The smallest absolute Gasteiger partial charge is 0.264 e. The fraction of sp³-hybridized carbons (Fsp3) is 0.684. The summed E-state index contributed by atoms with van der Waals surface area (Å²) >= 11 is 1.57. The van der Waals surface area contributed by atoms with E-state index in [2.05, 4.69) is 6.07 Å². The number of amides is 2. The summed E-state index contributed by atoms with van der Waals surface area (Å²) in [6.45, 7) is 6.19. The molecule has 0 aliphatic carbocycles. The second kappa shape index (κ2) is 7.50. The number of nitrogens with two attached hydrogens (primary N) is 1. The molecule has 27 heavy (non-hydrogen) atoms. The highest BCUT2D eigenvalue weighted by atomic mass is 32.1. The first-order valence-corrected chi connectivity index (χ1v) is 10.5. The molecule has 1 spiro atoms. The number of thiophene rings is 1. The van der Waals surface area contributed by atoms with Crippen LogP contribution in [0.5, 0.6) is 0 Å². The number of nitrogens with zero attached hydrogens (tertiary/aromatic N) is 2. The Bertz CT molecular complexity index is 719. The van der Waals surface area contributed by atoms with E-state index in [1.54, 1.807) is 18.3 Å². The van der Waals surface area contributed by atoms with Gasteiger partial charge in [-0.15, -0.1) is 11.3 Å². The lowest BCUT2D eigenvalue weighted by Gasteiger charge is -2.44. The van der Waals surface area contributed by atoms with Gasteiger partial charge in [0.25, 0.3) is 5.91 Å². The van der Waals surface area contributed by atoms with E-state index in [0.717, 1.165) is 24.1 Å². The van der Waals surface area contributed by atoms with Crippen LogP contribution in [0.4, 0.5) is 0 Å². The molecule has 2 amide bonds. The molecule has 3 aliphatic heterocycles. The van der Waals surface area contributed by atoms with Crippen LogP contribution in [0, 0.1) is 0 Å². The van der Waals surface area contributed by atoms with Crippen molar-refractivity contribution in [3.63, 3.8) is 0 Å². The number of morpholine rings is 1. The summed E-state index contributed by atoms with van der Waals surface area (Å²) in [5.74, 6) is 0.0904. The summed E-state index contributed by atoms with van der Waals surface area (Å²) in [7, 11) is 0.